The van der Waals surface area contributed by atoms with Gasteiger partial charge in [-0.05, 0) is 23.9 Å². The summed E-state index contributed by atoms with van der Waals surface area (Å²) in [7, 11) is -4.62. The van der Waals surface area contributed by atoms with E-state index in [-0.39, 0.29) is 16.8 Å². The Balaban J connectivity index is 3.26. The zero-order chi connectivity index (χ0) is 14.1. The Kier molecular flexibility index (Phi) is 1.14. The van der Waals surface area contributed by atoms with E-state index in [4.69, 9.17) is 18.3 Å². The molecule has 0 atom stereocenters. The van der Waals surface area contributed by atoms with Gasteiger partial charge < -0.3 is 14.8 Å². The summed E-state index contributed by atoms with van der Waals surface area (Å²) in [6.07, 6.45) is 0. The van der Waals surface area contributed by atoms with E-state index in [1.807, 2.05) is 0 Å². The number of benzene rings is 1. The van der Waals surface area contributed by atoms with Crippen LogP contribution < -0.4 is 10.2 Å². The van der Waals surface area contributed by atoms with Gasteiger partial charge in [0.25, 0.3) is 0 Å². The fourth-order valence-electron chi connectivity index (χ4n) is 0.797. The van der Waals surface area contributed by atoms with Gasteiger partial charge in [-0.15, -0.1) is 0 Å². The van der Waals surface area contributed by atoms with Gasteiger partial charge in [0.15, 0.2) is 0 Å². The van der Waals surface area contributed by atoms with Crippen molar-refractivity contribution in [1.29, 1.82) is 0 Å². The quantitative estimate of drug-likeness (QED) is 0.601. The SMILES string of the molecule is [2H]C([2H])([2H])Oc1ccc(B(O)O)cc1C([2H])([2H])[2H]. The van der Waals surface area contributed by atoms with E-state index in [1.165, 1.54) is 6.07 Å². The number of aryl methyl sites for hydroxylation is 1. The molecule has 1 rings (SSSR count). The van der Waals surface area contributed by atoms with Crippen LogP contribution in [0.1, 0.15) is 13.8 Å². The van der Waals surface area contributed by atoms with Gasteiger partial charge in [-0.25, -0.2) is 0 Å². The van der Waals surface area contributed by atoms with Gasteiger partial charge in [-0.3, -0.25) is 0 Å². The minimum atomic E-state index is -2.78. The first-order chi connectivity index (χ1) is 8.00. The second-order valence-electron chi connectivity index (χ2n) is 2.23. The van der Waals surface area contributed by atoms with Gasteiger partial charge in [-0.2, -0.15) is 0 Å². The normalized spacial score (nSPS) is 19.2. The first kappa shape index (κ1) is 3.81. The summed E-state index contributed by atoms with van der Waals surface area (Å²) < 4.78 is 47.2. The van der Waals surface area contributed by atoms with E-state index in [0.29, 0.717) is 0 Å². The lowest BCUT2D eigenvalue weighted by Gasteiger charge is -2.05. The molecule has 0 saturated carbocycles. The fourth-order valence-corrected chi connectivity index (χ4v) is 0.797. The molecule has 1 aromatic rings. The number of methoxy groups -OCH3 is 1. The molecule has 0 unspecified atom stereocenters. The number of rotatable bonds is 2. The van der Waals surface area contributed by atoms with Crippen LogP contribution in [-0.2, 0) is 0 Å². The lowest BCUT2D eigenvalue weighted by molar-refractivity contribution is 0.411. The molecule has 0 spiro atoms. The Bertz CT molecular complexity index is 428. The van der Waals surface area contributed by atoms with Crippen LogP contribution in [0.15, 0.2) is 18.2 Å². The average molecular weight is 172 g/mol. The highest BCUT2D eigenvalue weighted by Gasteiger charge is 2.11. The molecule has 0 heterocycles. The largest absolute Gasteiger partial charge is 0.496 e. The van der Waals surface area contributed by atoms with Crippen LogP contribution in [-0.4, -0.2) is 24.2 Å². The van der Waals surface area contributed by atoms with Crippen molar-refractivity contribution in [3.8, 4) is 5.75 Å². The van der Waals surface area contributed by atoms with Crippen LogP contribution in [0.3, 0.4) is 0 Å². The summed E-state index contributed by atoms with van der Waals surface area (Å²) >= 11 is 0. The molecule has 0 bridgehead atoms. The molecule has 64 valence electrons. The number of ether oxygens (including phenoxy) is 1. The Morgan fingerprint density at radius 1 is 1.50 bits per heavy atom. The Hall–Kier alpha value is -0.995. The minimum absolute atomic E-state index is 0.0565. The van der Waals surface area contributed by atoms with Gasteiger partial charge in [0, 0.05) is 4.11 Å². The summed E-state index contributed by atoms with van der Waals surface area (Å²) in [4.78, 5) is 0. The molecule has 0 aliphatic heterocycles. The van der Waals surface area contributed by atoms with Crippen LogP contribution in [0.4, 0.5) is 0 Å². The highest BCUT2D eigenvalue weighted by atomic mass is 16.5. The molecule has 1 aromatic carbocycles. The molecule has 0 aromatic heterocycles. The lowest BCUT2D eigenvalue weighted by atomic mass is 9.79. The van der Waals surface area contributed by atoms with E-state index in [0.717, 1.165) is 12.1 Å². The molecule has 0 aliphatic carbocycles. The molecule has 0 saturated heterocycles. The maximum absolute atomic E-state index is 8.96. The zero-order valence-electron chi connectivity index (χ0n) is 12.1. The molecule has 3 nitrogen and oxygen atoms in total. The van der Waals surface area contributed by atoms with Crippen molar-refractivity contribution < 1.29 is 23.0 Å². The summed E-state index contributed by atoms with van der Waals surface area (Å²) in [5, 5.41) is 17.9. The smallest absolute Gasteiger partial charge is 0.488 e. The Morgan fingerprint density at radius 2 is 2.33 bits per heavy atom. The number of hydrogen-bond donors (Lipinski definition) is 2. The molecule has 0 fully saturated rings. The molecular formula is C8H11BO3. The predicted molar refractivity (Wildman–Crippen MR) is 47.6 cm³/mol. The molecule has 0 radical (unpaired) electrons. The average Bonchev–Trinajstić information content (AvgIpc) is 2.13. The Labute approximate surface area is 80.2 Å². The van der Waals surface area contributed by atoms with Crippen molar-refractivity contribution in [3.05, 3.63) is 23.8 Å². The van der Waals surface area contributed by atoms with Crippen LogP contribution in [0.25, 0.3) is 0 Å². The maximum atomic E-state index is 8.96. The summed E-state index contributed by atoms with van der Waals surface area (Å²) in [5.74, 6) is -0.334. The molecule has 2 N–H and O–H groups in total. The van der Waals surface area contributed by atoms with E-state index in [9.17, 15) is 0 Å². The molecule has 12 heavy (non-hydrogen) atoms. The van der Waals surface area contributed by atoms with E-state index < -0.39 is 21.0 Å². The predicted octanol–water partition coefficient (Wildman–Crippen LogP) is -0.317. The zero-order valence-corrected chi connectivity index (χ0v) is 6.11. The summed E-state index contributed by atoms with van der Waals surface area (Å²) in [5.41, 5.74) is -0.441. The van der Waals surface area contributed by atoms with E-state index in [1.54, 1.807) is 0 Å². The third kappa shape index (κ3) is 1.78. The molecule has 4 heteroatoms. The van der Waals surface area contributed by atoms with Crippen LogP contribution >= 0.6 is 0 Å². The third-order valence-electron chi connectivity index (χ3n) is 1.41. The molecule has 0 aliphatic rings. The van der Waals surface area contributed by atoms with Crippen molar-refractivity contribution in [2.75, 3.05) is 7.04 Å². The van der Waals surface area contributed by atoms with Crippen molar-refractivity contribution in [1.82, 2.24) is 0 Å². The lowest BCUT2D eigenvalue weighted by Crippen LogP contribution is -2.29. The molecular weight excluding hydrogens is 155 g/mol. The second kappa shape index (κ2) is 3.60. The first-order valence-corrected chi connectivity index (χ1v) is 3.20. The highest BCUT2D eigenvalue weighted by molar-refractivity contribution is 6.58. The van der Waals surface area contributed by atoms with Crippen molar-refractivity contribution in [3.63, 3.8) is 0 Å². The van der Waals surface area contributed by atoms with Gasteiger partial charge in [-0.1, -0.05) is 12.1 Å². The third-order valence-corrected chi connectivity index (χ3v) is 1.41. The van der Waals surface area contributed by atoms with E-state index in [2.05, 4.69) is 4.74 Å². The van der Waals surface area contributed by atoms with E-state index >= 15 is 0 Å². The minimum Gasteiger partial charge on any atom is -0.496 e. The molecule has 0 amide bonds. The summed E-state index contributed by atoms with van der Waals surface area (Å²) in [6.45, 7) is -2.62. The number of hydrogen-bond acceptors (Lipinski definition) is 3. The van der Waals surface area contributed by atoms with Gasteiger partial charge in [0.2, 0.25) is 0 Å². The van der Waals surface area contributed by atoms with Crippen LogP contribution in [0.5, 0.6) is 5.75 Å². The standard InChI is InChI=1S/C8H11BO3/c1-6-5-7(9(10)11)3-4-8(6)12-2/h3-5,10-11H,1-2H3/i1D3,2D3. The van der Waals surface area contributed by atoms with Crippen molar-refractivity contribution >= 4 is 12.6 Å². The topological polar surface area (TPSA) is 49.7 Å². The van der Waals surface area contributed by atoms with Crippen molar-refractivity contribution in [2.24, 2.45) is 0 Å². The van der Waals surface area contributed by atoms with Gasteiger partial charge in [0.1, 0.15) is 5.75 Å². The maximum Gasteiger partial charge on any atom is 0.488 e. The van der Waals surface area contributed by atoms with Crippen LogP contribution in [0, 0.1) is 6.85 Å². The van der Waals surface area contributed by atoms with Gasteiger partial charge in [0.05, 0.1) is 11.2 Å². The monoisotopic (exact) mass is 172 g/mol. The van der Waals surface area contributed by atoms with Crippen molar-refractivity contribution in [2.45, 2.75) is 6.85 Å². The second-order valence-corrected chi connectivity index (χ2v) is 2.23. The highest BCUT2D eigenvalue weighted by Crippen LogP contribution is 2.13. The first-order valence-electron chi connectivity index (χ1n) is 6.20. The van der Waals surface area contributed by atoms with Crippen LogP contribution in [0.2, 0.25) is 0 Å². The Morgan fingerprint density at radius 3 is 2.92 bits per heavy atom. The van der Waals surface area contributed by atoms with Gasteiger partial charge >= 0.3 is 7.12 Å². The fraction of sp³-hybridized carbons (Fsp3) is 0.250. The summed E-state index contributed by atoms with van der Waals surface area (Å²) in [6, 6.07) is 3.25.